The van der Waals surface area contributed by atoms with Gasteiger partial charge in [0.15, 0.2) is 0 Å². The highest BCUT2D eigenvalue weighted by Crippen LogP contribution is 2.09. The molecule has 2 aromatic rings. The second-order valence-electron chi connectivity index (χ2n) is 4.13. The van der Waals surface area contributed by atoms with Crippen molar-refractivity contribution in [3.8, 4) is 0 Å². The van der Waals surface area contributed by atoms with Crippen LogP contribution in [0.15, 0.2) is 36.4 Å². The Morgan fingerprint density at radius 3 is 2.63 bits per heavy atom. The van der Waals surface area contributed by atoms with Gasteiger partial charge >= 0.3 is 0 Å². The quantitative estimate of drug-likeness (QED) is 0.854. The number of amides is 1. The third-order valence-electron chi connectivity index (χ3n) is 2.68. The second-order valence-corrected chi connectivity index (χ2v) is 4.13. The van der Waals surface area contributed by atoms with Crippen molar-refractivity contribution in [2.75, 3.05) is 5.32 Å². The molecule has 1 amide bonds. The first-order valence-electron chi connectivity index (χ1n) is 6.14. The molecule has 0 unspecified atom stereocenters. The Kier molecular flexibility index (Phi) is 4.07. The first-order valence-corrected chi connectivity index (χ1v) is 6.14. The average molecular weight is 256 g/mol. The molecule has 3 N–H and O–H groups in total. The zero-order valence-corrected chi connectivity index (χ0v) is 10.8. The number of primary amides is 1. The molecule has 1 aromatic carbocycles. The summed E-state index contributed by atoms with van der Waals surface area (Å²) in [5.41, 5.74) is 7.15. The SMILES string of the molecule is CCc1cc(NCc2ccccc2)nc(C(N)=O)n1. The fourth-order valence-electron chi connectivity index (χ4n) is 1.67. The molecule has 0 atom stereocenters. The maximum absolute atomic E-state index is 11.2. The van der Waals surface area contributed by atoms with E-state index in [-0.39, 0.29) is 5.82 Å². The molecule has 19 heavy (non-hydrogen) atoms. The normalized spacial score (nSPS) is 10.2. The van der Waals surface area contributed by atoms with Crippen LogP contribution in [0.1, 0.15) is 28.8 Å². The van der Waals surface area contributed by atoms with Gasteiger partial charge in [0, 0.05) is 18.3 Å². The van der Waals surface area contributed by atoms with E-state index in [0.29, 0.717) is 12.4 Å². The molecule has 1 heterocycles. The van der Waals surface area contributed by atoms with Gasteiger partial charge in [0.25, 0.3) is 5.91 Å². The number of hydrogen-bond acceptors (Lipinski definition) is 4. The van der Waals surface area contributed by atoms with E-state index >= 15 is 0 Å². The molecule has 0 spiro atoms. The molecule has 0 aliphatic rings. The molecule has 1 aromatic heterocycles. The molecule has 0 fully saturated rings. The number of nitrogens with zero attached hydrogens (tertiary/aromatic N) is 2. The maximum atomic E-state index is 11.2. The van der Waals surface area contributed by atoms with Crippen molar-refractivity contribution in [3.05, 3.63) is 53.5 Å². The number of benzene rings is 1. The molecule has 2 rings (SSSR count). The minimum absolute atomic E-state index is 0.0508. The molecule has 5 nitrogen and oxygen atoms in total. The first kappa shape index (κ1) is 13.0. The van der Waals surface area contributed by atoms with Gasteiger partial charge in [-0.3, -0.25) is 4.79 Å². The standard InChI is InChI=1S/C14H16N4O/c1-2-11-8-12(18-14(17-11)13(15)19)16-9-10-6-4-3-5-7-10/h3-8H,2,9H2,1H3,(H2,15,19)(H,16,17,18). The van der Waals surface area contributed by atoms with Crippen molar-refractivity contribution in [2.45, 2.75) is 19.9 Å². The largest absolute Gasteiger partial charge is 0.366 e. The number of hydrogen-bond donors (Lipinski definition) is 2. The van der Waals surface area contributed by atoms with Crippen molar-refractivity contribution in [1.82, 2.24) is 9.97 Å². The predicted molar refractivity (Wildman–Crippen MR) is 73.7 cm³/mol. The van der Waals surface area contributed by atoms with Gasteiger partial charge in [-0.15, -0.1) is 0 Å². The van der Waals surface area contributed by atoms with E-state index in [1.807, 2.05) is 43.3 Å². The summed E-state index contributed by atoms with van der Waals surface area (Å²) in [5.74, 6) is 0.0532. The maximum Gasteiger partial charge on any atom is 0.286 e. The lowest BCUT2D eigenvalue weighted by atomic mass is 10.2. The van der Waals surface area contributed by atoms with Gasteiger partial charge in [0.1, 0.15) is 5.82 Å². The smallest absolute Gasteiger partial charge is 0.286 e. The van der Waals surface area contributed by atoms with Crippen LogP contribution in [-0.4, -0.2) is 15.9 Å². The van der Waals surface area contributed by atoms with Gasteiger partial charge in [-0.25, -0.2) is 9.97 Å². The van der Waals surface area contributed by atoms with E-state index < -0.39 is 5.91 Å². The van der Waals surface area contributed by atoms with Crippen LogP contribution in [-0.2, 0) is 13.0 Å². The lowest BCUT2D eigenvalue weighted by molar-refractivity contribution is 0.0990. The summed E-state index contributed by atoms with van der Waals surface area (Å²) in [6, 6.07) is 11.8. The van der Waals surface area contributed by atoms with Gasteiger partial charge in [0.05, 0.1) is 0 Å². The number of aryl methyl sites for hydroxylation is 1. The molecular weight excluding hydrogens is 240 g/mol. The zero-order valence-electron chi connectivity index (χ0n) is 10.8. The van der Waals surface area contributed by atoms with E-state index in [1.54, 1.807) is 0 Å². The first-order chi connectivity index (χ1) is 9.19. The summed E-state index contributed by atoms with van der Waals surface area (Å²) in [6.45, 7) is 2.60. The predicted octanol–water partition coefficient (Wildman–Crippen LogP) is 1.75. The van der Waals surface area contributed by atoms with Crippen LogP contribution in [0, 0.1) is 0 Å². The number of carbonyl (C=O) groups is 1. The van der Waals surface area contributed by atoms with E-state index in [1.165, 1.54) is 0 Å². The van der Waals surface area contributed by atoms with Crippen LogP contribution in [0.2, 0.25) is 0 Å². The average Bonchev–Trinajstić information content (AvgIpc) is 2.45. The molecule has 0 radical (unpaired) electrons. The van der Waals surface area contributed by atoms with Crippen molar-refractivity contribution in [1.29, 1.82) is 0 Å². The number of anilines is 1. The van der Waals surface area contributed by atoms with Crippen molar-refractivity contribution >= 4 is 11.7 Å². The molecule has 0 aliphatic carbocycles. The van der Waals surface area contributed by atoms with Crippen LogP contribution in [0.25, 0.3) is 0 Å². The van der Waals surface area contributed by atoms with E-state index in [0.717, 1.165) is 17.7 Å². The second kappa shape index (κ2) is 5.95. The van der Waals surface area contributed by atoms with Crippen LogP contribution in [0.5, 0.6) is 0 Å². The summed E-state index contributed by atoms with van der Waals surface area (Å²) in [7, 11) is 0. The van der Waals surface area contributed by atoms with Crippen molar-refractivity contribution < 1.29 is 4.79 Å². The molecule has 5 heteroatoms. The third-order valence-corrected chi connectivity index (χ3v) is 2.68. The Bertz CT molecular complexity index is 569. The number of nitrogens with one attached hydrogen (secondary N) is 1. The van der Waals surface area contributed by atoms with Crippen molar-refractivity contribution in [3.63, 3.8) is 0 Å². The number of aromatic nitrogens is 2. The Morgan fingerprint density at radius 2 is 2.00 bits per heavy atom. The summed E-state index contributed by atoms with van der Waals surface area (Å²) in [5, 5.41) is 3.17. The number of carbonyl (C=O) groups excluding carboxylic acids is 1. The van der Waals surface area contributed by atoms with Crippen LogP contribution < -0.4 is 11.1 Å². The Hall–Kier alpha value is -2.43. The summed E-state index contributed by atoms with van der Waals surface area (Å²) in [4.78, 5) is 19.3. The fourth-order valence-corrected chi connectivity index (χ4v) is 1.67. The van der Waals surface area contributed by atoms with E-state index in [4.69, 9.17) is 5.73 Å². The Morgan fingerprint density at radius 1 is 1.26 bits per heavy atom. The fraction of sp³-hybridized carbons (Fsp3) is 0.214. The highest BCUT2D eigenvalue weighted by molar-refractivity contribution is 5.89. The highest BCUT2D eigenvalue weighted by atomic mass is 16.1. The summed E-state index contributed by atoms with van der Waals surface area (Å²) in [6.07, 6.45) is 0.725. The van der Waals surface area contributed by atoms with Gasteiger partial charge < -0.3 is 11.1 Å². The zero-order chi connectivity index (χ0) is 13.7. The minimum atomic E-state index is -0.613. The lowest BCUT2D eigenvalue weighted by Crippen LogP contribution is -2.17. The topological polar surface area (TPSA) is 80.9 Å². The third kappa shape index (κ3) is 3.51. The number of rotatable bonds is 5. The monoisotopic (exact) mass is 256 g/mol. The summed E-state index contributed by atoms with van der Waals surface area (Å²) >= 11 is 0. The Labute approximate surface area is 111 Å². The van der Waals surface area contributed by atoms with Gasteiger partial charge in [-0.2, -0.15) is 0 Å². The van der Waals surface area contributed by atoms with E-state index in [9.17, 15) is 4.79 Å². The van der Waals surface area contributed by atoms with Gasteiger partial charge in [-0.05, 0) is 12.0 Å². The van der Waals surface area contributed by atoms with Crippen molar-refractivity contribution in [2.24, 2.45) is 5.73 Å². The highest BCUT2D eigenvalue weighted by Gasteiger charge is 2.08. The lowest BCUT2D eigenvalue weighted by Gasteiger charge is -2.08. The molecule has 0 saturated carbocycles. The molecule has 0 saturated heterocycles. The van der Waals surface area contributed by atoms with Crippen LogP contribution in [0.3, 0.4) is 0 Å². The minimum Gasteiger partial charge on any atom is -0.366 e. The molecule has 0 bridgehead atoms. The Balaban J connectivity index is 2.15. The van der Waals surface area contributed by atoms with Crippen LogP contribution in [0.4, 0.5) is 5.82 Å². The van der Waals surface area contributed by atoms with E-state index in [2.05, 4.69) is 15.3 Å². The molecule has 98 valence electrons. The molecular formula is C14H16N4O. The number of nitrogens with two attached hydrogens (primary N) is 1. The van der Waals surface area contributed by atoms with Gasteiger partial charge in [0.2, 0.25) is 5.82 Å². The van der Waals surface area contributed by atoms with Gasteiger partial charge in [-0.1, -0.05) is 37.3 Å². The summed E-state index contributed by atoms with van der Waals surface area (Å²) < 4.78 is 0. The van der Waals surface area contributed by atoms with Crippen LogP contribution >= 0.6 is 0 Å². The molecule has 0 aliphatic heterocycles.